The lowest BCUT2D eigenvalue weighted by Gasteiger charge is -2.19. The van der Waals surface area contributed by atoms with E-state index in [1.54, 1.807) is 13.8 Å². The normalized spacial score (nSPS) is 14.6. The van der Waals surface area contributed by atoms with Crippen LogP contribution in [-0.4, -0.2) is 64.1 Å². The number of amides is 1. The second-order valence-corrected chi connectivity index (χ2v) is 7.96. The zero-order valence-electron chi connectivity index (χ0n) is 16.1. The first-order valence-corrected chi connectivity index (χ1v) is 10.6. The van der Waals surface area contributed by atoms with Crippen LogP contribution in [0.5, 0.6) is 5.75 Å². The molecule has 1 aliphatic heterocycles. The first kappa shape index (κ1) is 22.1. The number of rotatable bonds is 10. The highest BCUT2D eigenvalue weighted by Gasteiger charge is 2.30. The molecule has 28 heavy (non-hydrogen) atoms. The van der Waals surface area contributed by atoms with E-state index in [1.807, 2.05) is 0 Å². The van der Waals surface area contributed by atoms with Gasteiger partial charge in [-0.15, -0.1) is 0 Å². The summed E-state index contributed by atoms with van der Waals surface area (Å²) in [4.78, 5) is 23.4. The standard InChI is InChI=1S/C18H26N2O7S/c1-3-25-13-18(22)27-12-17(21)19-14-7-8-15(26-4-2)16(11-14)28(23,24)20-9-5-6-10-20/h7-8,11H,3-6,9-10,12-13H2,1-2H3,(H,19,21). The molecule has 0 bridgehead atoms. The largest absolute Gasteiger partial charge is 0.492 e. The molecule has 1 amide bonds. The highest BCUT2D eigenvalue weighted by atomic mass is 32.2. The van der Waals surface area contributed by atoms with Gasteiger partial charge in [-0.2, -0.15) is 4.31 Å². The molecule has 0 spiro atoms. The number of esters is 1. The van der Waals surface area contributed by atoms with Crippen molar-refractivity contribution in [2.24, 2.45) is 0 Å². The van der Waals surface area contributed by atoms with Gasteiger partial charge in [0.15, 0.2) is 6.61 Å². The Morgan fingerprint density at radius 2 is 1.82 bits per heavy atom. The molecule has 1 aromatic carbocycles. The topological polar surface area (TPSA) is 111 Å². The fraction of sp³-hybridized carbons (Fsp3) is 0.556. The van der Waals surface area contributed by atoms with Crippen LogP contribution in [0.3, 0.4) is 0 Å². The molecule has 156 valence electrons. The van der Waals surface area contributed by atoms with E-state index in [-0.39, 0.29) is 22.9 Å². The van der Waals surface area contributed by atoms with Crippen LogP contribution in [0.1, 0.15) is 26.7 Å². The van der Waals surface area contributed by atoms with Crippen LogP contribution in [0.2, 0.25) is 0 Å². The van der Waals surface area contributed by atoms with Crippen LogP contribution in [0.15, 0.2) is 23.1 Å². The lowest BCUT2D eigenvalue weighted by atomic mass is 10.3. The molecule has 0 radical (unpaired) electrons. The molecule has 9 nitrogen and oxygen atoms in total. The maximum atomic E-state index is 12.9. The minimum absolute atomic E-state index is 0.00221. The third kappa shape index (κ3) is 5.91. The number of benzene rings is 1. The van der Waals surface area contributed by atoms with E-state index in [0.717, 1.165) is 12.8 Å². The molecule has 1 saturated heterocycles. The number of sulfonamides is 1. The summed E-state index contributed by atoms with van der Waals surface area (Å²) in [7, 11) is -3.73. The molecule has 0 aliphatic carbocycles. The minimum atomic E-state index is -3.73. The van der Waals surface area contributed by atoms with Gasteiger partial charge < -0.3 is 19.5 Å². The number of nitrogens with one attached hydrogen (secondary N) is 1. The third-order valence-corrected chi connectivity index (χ3v) is 5.92. The summed E-state index contributed by atoms with van der Waals surface area (Å²) in [5, 5.41) is 2.53. The highest BCUT2D eigenvalue weighted by molar-refractivity contribution is 7.89. The van der Waals surface area contributed by atoms with Gasteiger partial charge in [-0.3, -0.25) is 4.79 Å². The van der Waals surface area contributed by atoms with Gasteiger partial charge in [-0.25, -0.2) is 13.2 Å². The Labute approximate surface area is 165 Å². The van der Waals surface area contributed by atoms with Crippen molar-refractivity contribution in [2.75, 3.05) is 44.8 Å². The Balaban J connectivity index is 2.11. The molecular weight excluding hydrogens is 388 g/mol. The van der Waals surface area contributed by atoms with Crippen LogP contribution in [0, 0.1) is 0 Å². The molecule has 1 N–H and O–H groups in total. The van der Waals surface area contributed by atoms with Crippen LogP contribution < -0.4 is 10.1 Å². The third-order valence-electron chi connectivity index (χ3n) is 4.00. The molecule has 0 aromatic heterocycles. The first-order chi connectivity index (χ1) is 13.4. The van der Waals surface area contributed by atoms with Crippen molar-refractivity contribution in [3.63, 3.8) is 0 Å². The second kappa shape index (κ2) is 10.4. The van der Waals surface area contributed by atoms with E-state index in [0.29, 0.717) is 26.3 Å². The molecular formula is C18H26N2O7S. The van der Waals surface area contributed by atoms with Gasteiger partial charge >= 0.3 is 5.97 Å². The first-order valence-electron chi connectivity index (χ1n) is 9.18. The zero-order chi connectivity index (χ0) is 20.6. The number of anilines is 1. The Hall–Kier alpha value is -2.17. The predicted octanol–water partition coefficient (Wildman–Crippen LogP) is 1.39. The summed E-state index contributed by atoms with van der Waals surface area (Å²) in [6.45, 7) is 4.36. The summed E-state index contributed by atoms with van der Waals surface area (Å²) in [5.74, 6) is -1.00. The monoisotopic (exact) mass is 414 g/mol. The van der Waals surface area contributed by atoms with Crippen LogP contribution in [0.4, 0.5) is 5.69 Å². The average Bonchev–Trinajstić information content (AvgIpc) is 3.21. The number of hydrogen-bond donors (Lipinski definition) is 1. The molecule has 0 atom stereocenters. The number of ether oxygens (including phenoxy) is 3. The summed E-state index contributed by atoms with van der Waals surface area (Å²) < 4.78 is 42.4. The lowest BCUT2D eigenvalue weighted by molar-refractivity contribution is -0.151. The highest BCUT2D eigenvalue weighted by Crippen LogP contribution is 2.31. The van der Waals surface area contributed by atoms with Crippen molar-refractivity contribution in [1.29, 1.82) is 0 Å². The molecule has 1 fully saturated rings. The predicted molar refractivity (Wildman–Crippen MR) is 102 cm³/mol. The van der Waals surface area contributed by atoms with E-state index in [2.05, 4.69) is 5.32 Å². The molecule has 2 rings (SSSR count). The molecule has 0 unspecified atom stereocenters. The minimum Gasteiger partial charge on any atom is -0.492 e. The molecule has 1 aromatic rings. The fourth-order valence-corrected chi connectivity index (χ4v) is 4.37. The van der Waals surface area contributed by atoms with Gasteiger partial charge in [0.2, 0.25) is 10.0 Å². The number of carbonyl (C=O) groups excluding carboxylic acids is 2. The van der Waals surface area contributed by atoms with Crippen LogP contribution in [-0.2, 0) is 29.1 Å². The van der Waals surface area contributed by atoms with Crippen molar-refractivity contribution in [1.82, 2.24) is 4.31 Å². The molecule has 1 aliphatic rings. The Kier molecular flexibility index (Phi) is 8.21. The van der Waals surface area contributed by atoms with Gasteiger partial charge in [-0.05, 0) is 44.9 Å². The molecule has 1 heterocycles. The molecule has 10 heteroatoms. The van der Waals surface area contributed by atoms with Crippen molar-refractivity contribution >= 4 is 27.6 Å². The summed E-state index contributed by atoms with van der Waals surface area (Å²) >= 11 is 0. The van der Waals surface area contributed by atoms with E-state index in [1.165, 1.54) is 22.5 Å². The Morgan fingerprint density at radius 1 is 1.11 bits per heavy atom. The SMILES string of the molecule is CCOCC(=O)OCC(=O)Nc1ccc(OCC)c(S(=O)(=O)N2CCCC2)c1. The van der Waals surface area contributed by atoms with E-state index < -0.39 is 28.5 Å². The van der Waals surface area contributed by atoms with Crippen molar-refractivity contribution in [3.8, 4) is 5.75 Å². The van der Waals surface area contributed by atoms with E-state index in [4.69, 9.17) is 14.2 Å². The maximum absolute atomic E-state index is 12.9. The average molecular weight is 414 g/mol. The van der Waals surface area contributed by atoms with Gasteiger partial charge in [0.05, 0.1) is 6.61 Å². The zero-order valence-corrected chi connectivity index (χ0v) is 16.9. The summed E-state index contributed by atoms with van der Waals surface area (Å²) in [6.07, 6.45) is 1.62. The van der Waals surface area contributed by atoms with Gasteiger partial charge in [0, 0.05) is 25.4 Å². The maximum Gasteiger partial charge on any atom is 0.332 e. The van der Waals surface area contributed by atoms with E-state index in [9.17, 15) is 18.0 Å². The van der Waals surface area contributed by atoms with Crippen molar-refractivity contribution in [3.05, 3.63) is 18.2 Å². The van der Waals surface area contributed by atoms with E-state index >= 15 is 0 Å². The van der Waals surface area contributed by atoms with Crippen LogP contribution >= 0.6 is 0 Å². The lowest BCUT2D eigenvalue weighted by Crippen LogP contribution is -2.28. The quantitative estimate of drug-likeness (QED) is 0.576. The van der Waals surface area contributed by atoms with Crippen molar-refractivity contribution in [2.45, 2.75) is 31.6 Å². The van der Waals surface area contributed by atoms with Crippen molar-refractivity contribution < 1.29 is 32.2 Å². The van der Waals surface area contributed by atoms with Crippen LogP contribution in [0.25, 0.3) is 0 Å². The van der Waals surface area contributed by atoms with Gasteiger partial charge in [-0.1, -0.05) is 0 Å². The summed E-state index contributed by atoms with van der Waals surface area (Å²) in [5.41, 5.74) is 0.270. The number of hydrogen-bond acceptors (Lipinski definition) is 7. The molecule has 0 saturated carbocycles. The number of carbonyl (C=O) groups is 2. The Bertz CT molecular complexity index is 789. The second-order valence-electron chi connectivity index (χ2n) is 6.05. The smallest absolute Gasteiger partial charge is 0.332 e. The van der Waals surface area contributed by atoms with Gasteiger partial charge in [0.25, 0.3) is 5.91 Å². The fourth-order valence-electron chi connectivity index (χ4n) is 2.70. The Morgan fingerprint density at radius 3 is 2.46 bits per heavy atom. The summed E-state index contributed by atoms with van der Waals surface area (Å²) in [6, 6.07) is 4.40. The van der Waals surface area contributed by atoms with Gasteiger partial charge in [0.1, 0.15) is 17.3 Å². The number of nitrogens with zero attached hydrogens (tertiary/aromatic N) is 1.